The van der Waals surface area contributed by atoms with Gasteiger partial charge in [-0.15, -0.1) is 0 Å². The Morgan fingerprint density at radius 3 is 1.89 bits per heavy atom. The largest absolute Gasteiger partial charge is 0.457 e. The summed E-state index contributed by atoms with van der Waals surface area (Å²) in [4.78, 5) is 2.72. The van der Waals surface area contributed by atoms with Crippen molar-refractivity contribution < 1.29 is 4.74 Å². The van der Waals surface area contributed by atoms with Crippen molar-refractivity contribution in [3.8, 4) is 11.5 Å². The van der Waals surface area contributed by atoms with E-state index >= 15 is 0 Å². The molecule has 1 saturated heterocycles. The Morgan fingerprint density at radius 2 is 1.28 bits per heavy atom. The second-order valence-corrected chi connectivity index (χ2v) is 12.0. The molecule has 1 heterocycles. The van der Waals surface area contributed by atoms with Crippen LogP contribution in [0.2, 0.25) is 0 Å². The summed E-state index contributed by atoms with van der Waals surface area (Å²) in [5, 5.41) is 0. The molecule has 0 aromatic heterocycles. The number of ether oxygens (including phenoxy) is 1. The van der Waals surface area contributed by atoms with Crippen molar-refractivity contribution in [1.29, 1.82) is 0 Å². The van der Waals surface area contributed by atoms with Gasteiger partial charge in [0.1, 0.15) is 11.5 Å². The van der Waals surface area contributed by atoms with Gasteiger partial charge in [-0.25, -0.2) is 0 Å². The van der Waals surface area contributed by atoms with Gasteiger partial charge < -0.3 is 9.64 Å². The number of hydrogen-bond acceptors (Lipinski definition) is 2. The van der Waals surface area contributed by atoms with E-state index < -0.39 is 0 Å². The summed E-state index contributed by atoms with van der Waals surface area (Å²) >= 11 is 0. The number of benzene rings is 2. The molecule has 0 aliphatic carbocycles. The molecule has 2 nitrogen and oxygen atoms in total. The zero-order valence-electron chi connectivity index (χ0n) is 23.6. The molecule has 0 saturated carbocycles. The maximum absolute atomic E-state index is 6.11. The van der Waals surface area contributed by atoms with E-state index in [1.54, 1.807) is 0 Å². The third kappa shape index (κ3) is 11.1. The lowest BCUT2D eigenvalue weighted by Gasteiger charge is -2.26. The van der Waals surface area contributed by atoms with Crippen LogP contribution < -0.4 is 4.74 Å². The lowest BCUT2D eigenvalue weighted by atomic mass is 9.93. The third-order valence-electron chi connectivity index (χ3n) is 8.09. The third-order valence-corrected chi connectivity index (χ3v) is 8.09. The van der Waals surface area contributed by atoms with Crippen LogP contribution >= 0.6 is 0 Å². The van der Waals surface area contributed by atoms with E-state index in [0.717, 1.165) is 24.0 Å². The normalized spacial score (nSPS) is 16.3. The lowest BCUT2D eigenvalue weighted by molar-refractivity contribution is 0.217. The van der Waals surface area contributed by atoms with Crippen LogP contribution in [0.5, 0.6) is 11.5 Å². The molecule has 1 atom stereocenters. The van der Waals surface area contributed by atoms with Gasteiger partial charge in [0.25, 0.3) is 0 Å². The molecule has 2 aromatic rings. The highest BCUT2D eigenvalue weighted by Crippen LogP contribution is 2.31. The van der Waals surface area contributed by atoms with Crippen LogP contribution in [0, 0.1) is 5.41 Å². The highest BCUT2D eigenvalue weighted by molar-refractivity contribution is 5.37. The molecule has 0 amide bonds. The minimum Gasteiger partial charge on any atom is -0.457 e. The zero-order valence-corrected chi connectivity index (χ0v) is 23.6. The van der Waals surface area contributed by atoms with Crippen molar-refractivity contribution in [1.82, 2.24) is 4.90 Å². The molecule has 2 heteroatoms. The van der Waals surface area contributed by atoms with E-state index in [9.17, 15) is 0 Å². The van der Waals surface area contributed by atoms with Crippen molar-refractivity contribution >= 4 is 0 Å². The van der Waals surface area contributed by atoms with Crippen molar-refractivity contribution in [2.45, 2.75) is 123 Å². The molecular formula is C34H53NO. The molecule has 0 spiro atoms. The van der Waals surface area contributed by atoms with E-state index in [2.05, 4.69) is 49.9 Å². The fourth-order valence-electron chi connectivity index (χ4n) is 5.66. The number of unbranched alkanes of at least 4 members (excludes halogenated alkanes) is 11. The molecule has 0 radical (unpaired) electrons. The summed E-state index contributed by atoms with van der Waals surface area (Å²) in [7, 11) is 0. The summed E-state index contributed by atoms with van der Waals surface area (Å²) in [5.74, 6) is 1.93. The van der Waals surface area contributed by atoms with Crippen LogP contribution in [0.3, 0.4) is 0 Å². The molecular weight excluding hydrogens is 438 g/mol. The maximum Gasteiger partial charge on any atom is 0.130 e. The van der Waals surface area contributed by atoms with Gasteiger partial charge in [-0.3, -0.25) is 0 Å². The smallest absolute Gasteiger partial charge is 0.130 e. The van der Waals surface area contributed by atoms with Gasteiger partial charge in [0, 0.05) is 12.6 Å². The van der Waals surface area contributed by atoms with Crippen LogP contribution in [-0.2, 0) is 6.42 Å². The fraction of sp³-hybridized carbons (Fsp3) is 0.647. The highest BCUT2D eigenvalue weighted by atomic mass is 16.5. The first-order valence-corrected chi connectivity index (χ1v) is 15.1. The van der Waals surface area contributed by atoms with E-state index in [0.29, 0.717) is 5.41 Å². The Morgan fingerprint density at radius 1 is 0.722 bits per heavy atom. The van der Waals surface area contributed by atoms with Crippen LogP contribution in [0.15, 0.2) is 54.6 Å². The maximum atomic E-state index is 6.11. The van der Waals surface area contributed by atoms with Crippen molar-refractivity contribution in [2.75, 3.05) is 13.1 Å². The molecule has 1 unspecified atom stereocenters. The monoisotopic (exact) mass is 491 g/mol. The van der Waals surface area contributed by atoms with E-state index in [1.807, 2.05) is 30.3 Å². The average molecular weight is 492 g/mol. The molecule has 1 aliphatic heterocycles. The molecule has 200 valence electrons. The van der Waals surface area contributed by atoms with Crippen LogP contribution in [-0.4, -0.2) is 24.0 Å². The Balaban J connectivity index is 1.11. The van der Waals surface area contributed by atoms with Crippen LogP contribution in [0.1, 0.15) is 116 Å². The first-order valence-electron chi connectivity index (χ1n) is 15.1. The molecule has 3 rings (SSSR count). The zero-order chi connectivity index (χ0) is 25.5. The standard InChI is InChI=1S/C34H53NO/c1-30(35-28-27-34(2,3)29-35)21-15-12-10-8-6-4-5-7-9-11-13-16-22-31-23-19-20-26-33(31)36-32-24-17-14-18-25-32/h14,17-20,23-26,30H,4-13,15-16,21-22,27-29H2,1-3H3. The fourth-order valence-corrected chi connectivity index (χ4v) is 5.66. The molecule has 1 fully saturated rings. The average Bonchev–Trinajstić information content (AvgIpc) is 3.25. The second-order valence-electron chi connectivity index (χ2n) is 12.0. The first-order chi connectivity index (χ1) is 17.5. The van der Waals surface area contributed by atoms with E-state index in [-0.39, 0.29) is 0 Å². The number of hydrogen-bond donors (Lipinski definition) is 0. The van der Waals surface area contributed by atoms with Gasteiger partial charge in [0.15, 0.2) is 0 Å². The SMILES string of the molecule is CC(CCCCCCCCCCCCCCc1ccccc1Oc1ccccc1)N1CCC(C)(C)C1. The first kappa shape index (κ1) is 28.8. The topological polar surface area (TPSA) is 12.5 Å². The number of aryl methyl sites for hydroxylation is 1. The van der Waals surface area contributed by atoms with E-state index in [4.69, 9.17) is 4.74 Å². The number of nitrogens with zero attached hydrogens (tertiary/aromatic N) is 1. The Hall–Kier alpha value is -1.80. The van der Waals surface area contributed by atoms with Crippen molar-refractivity contribution in [3.63, 3.8) is 0 Å². The van der Waals surface area contributed by atoms with Crippen LogP contribution in [0.25, 0.3) is 0 Å². The van der Waals surface area contributed by atoms with Crippen molar-refractivity contribution in [2.24, 2.45) is 5.41 Å². The number of likely N-dealkylation sites (tertiary alicyclic amines) is 1. The van der Waals surface area contributed by atoms with Gasteiger partial charge in [-0.1, -0.05) is 121 Å². The van der Waals surface area contributed by atoms with Crippen molar-refractivity contribution in [3.05, 3.63) is 60.2 Å². The van der Waals surface area contributed by atoms with Gasteiger partial charge in [-0.2, -0.15) is 0 Å². The summed E-state index contributed by atoms with van der Waals surface area (Å²) < 4.78 is 6.11. The summed E-state index contributed by atoms with van der Waals surface area (Å²) in [5.41, 5.74) is 1.87. The minimum atomic E-state index is 0.540. The summed E-state index contributed by atoms with van der Waals surface area (Å²) in [6.07, 6.45) is 20.7. The molecule has 2 aromatic carbocycles. The second kappa shape index (κ2) is 16.1. The lowest BCUT2D eigenvalue weighted by Crippen LogP contribution is -2.32. The Bertz CT molecular complexity index is 830. The predicted molar refractivity (Wildman–Crippen MR) is 156 cm³/mol. The van der Waals surface area contributed by atoms with Crippen LogP contribution in [0.4, 0.5) is 0 Å². The summed E-state index contributed by atoms with van der Waals surface area (Å²) in [6.45, 7) is 9.90. The quantitative estimate of drug-likeness (QED) is 0.192. The number of rotatable bonds is 18. The predicted octanol–water partition coefficient (Wildman–Crippen LogP) is 10.2. The minimum absolute atomic E-state index is 0.540. The van der Waals surface area contributed by atoms with Gasteiger partial charge in [0.2, 0.25) is 0 Å². The highest BCUT2D eigenvalue weighted by Gasteiger charge is 2.31. The molecule has 36 heavy (non-hydrogen) atoms. The summed E-state index contributed by atoms with van der Waals surface area (Å²) in [6, 6.07) is 19.4. The van der Waals surface area contributed by atoms with E-state index in [1.165, 1.54) is 109 Å². The van der Waals surface area contributed by atoms with Gasteiger partial charge in [-0.05, 0) is 68.3 Å². The number of para-hydroxylation sites is 2. The molecule has 1 aliphatic rings. The van der Waals surface area contributed by atoms with Gasteiger partial charge in [0.05, 0.1) is 0 Å². The Labute approximate surface area is 222 Å². The molecule has 0 N–H and O–H groups in total. The Kier molecular flexibility index (Phi) is 12.9. The van der Waals surface area contributed by atoms with Gasteiger partial charge >= 0.3 is 0 Å². The molecule has 0 bridgehead atoms.